The van der Waals surface area contributed by atoms with E-state index in [0.29, 0.717) is 6.42 Å². The lowest BCUT2D eigenvalue weighted by atomic mass is 10.2. The summed E-state index contributed by atoms with van der Waals surface area (Å²) in [6, 6.07) is 17.3. The van der Waals surface area contributed by atoms with Gasteiger partial charge in [-0.1, -0.05) is 49.0 Å². The van der Waals surface area contributed by atoms with Crippen LogP contribution >= 0.6 is 11.8 Å². The molecule has 0 heterocycles. The summed E-state index contributed by atoms with van der Waals surface area (Å²) in [5.74, 6) is -0.145. The number of carbonyl (C=O) groups excluding carboxylic acids is 1. The van der Waals surface area contributed by atoms with Crippen LogP contribution in [0.5, 0.6) is 0 Å². The molecule has 0 unspecified atom stereocenters. The Morgan fingerprint density at radius 1 is 1.15 bits per heavy atom. The highest BCUT2D eigenvalue weighted by molar-refractivity contribution is 7.99. The molecule has 2 aromatic rings. The number of carbonyl (C=O) groups is 1. The molecule has 0 aromatic heterocycles. The third-order valence-electron chi connectivity index (χ3n) is 2.89. The zero-order valence-electron chi connectivity index (χ0n) is 11.4. The molecule has 0 radical (unpaired) electrons. The van der Waals surface area contributed by atoms with Gasteiger partial charge in [-0.3, -0.25) is 4.79 Å². The largest absolute Gasteiger partial charge is 0.324 e. The Labute approximate surface area is 123 Å². The van der Waals surface area contributed by atoms with E-state index in [1.807, 2.05) is 61.5 Å². The van der Waals surface area contributed by atoms with E-state index < -0.39 is 6.04 Å². The second-order valence-electron chi connectivity index (χ2n) is 4.42. The summed E-state index contributed by atoms with van der Waals surface area (Å²) in [6.45, 7) is 1.90. The van der Waals surface area contributed by atoms with Gasteiger partial charge in [0, 0.05) is 9.79 Å². The molecule has 1 atom stereocenters. The van der Waals surface area contributed by atoms with E-state index in [-0.39, 0.29) is 5.91 Å². The Bertz CT molecular complexity index is 572. The Kier molecular flexibility index (Phi) is 5.21. The zero-order valence-corrected chi connectivity index (χ0v) is 12.2. The lowest BCUT2D eigenvalue weighted by Gasteiger charge is -2.13. The Hall–Kier alpha value is -1.78. The summed E-state index contributed by atoms with van der Waals surface area (Å²) >= 11 is 1.62. The van der Waals surface area contributed by atoms with Crippen LogP contribution in [0.15, 0.2) is 64.4 Å². The van der Waals surface area contributed by atoms with E-state index in [2.05, 4.69) is 5.32 Å². The molecule has 0 aliphatic rings. The fraction of sp³-hybridized carbons (Fsp3) is 0.188. The number of rotatable bonds is 5. The number of nitrogens with two attached hydrogens (primary N) is 1. The molecule has 104 valence electrons. The monoisotopic (exact) mass is 286 g/mol. The molecule has 0 saturated heterocycles. The minimum Gasteiger partial charge on any atom is -0.324 e. The van der Waals surface area contributed by atoms with Crippen LogP contribution < -0.4 is 11.1 Å². The lowest BCUT2D eigenvalue weighted by molar-refractivity contribution is -0.117. The topological polar surface area (TPSA) is 55.1 Å². The van der Waals surface area contributed by atoms with Crippen molar-refractivity contribution < 1.29 is 4.79 Å². The quantitative estimate of drug-likeness (QED) is 0.884. The van der Waals surface area contributed by atoms with Crippen molar-refractivity contribution in [2.75, 3.05) is 5.32 Å². The van der Waals surface area contributed by atoms with E-state index in [9.17, 15) is 4.79 Å². The van der Waals surface area contributed by atoms with Crippen LogP contribution in [0.4, 0.5) is 5.69 Å². The first-order valence-electron chi connectivity index (χ1n) is 6.59. The van der Waals surface area contributed by atoms with Crippen LogP contribution in [0.3, 0.4) is 0 Å². The van der Waals surface area contributed by atoms with Gasteiger partial charge in [0.1, 0.15) is 0 Å². The third kappa shape index (κ3) is 3.85. The molecule has 2 aromatic carbocycles. The highest BCUT2D eigenvalue weighted by Crippen LogP contribution is 2.33. The number of hydrogen-bond acceptors (Lipinski definition) is 3. The average molecular weight is 286 g/mol. The second-order valence-corrected chi connectivity index (χ2v) is 5.53. The molecule has 4 heteroatoms. The normalized spacial score (nSPS) is 11.9. The predicted octanol–water partition coefficient (Wildman–Crippen LogP) is 3.51. The average Bonchev–Trinajstić information content (AvgIpc) is 2.49. The van der Waals surface area contributed by atoms with Crippen molar-refractivity contribution >= 4 is 23.4 Å². The van der Waals surface area contributed by atoms with Gasteiger partial charge in [-0.25, -0.2) is 0 Å². The highest BCUT2D eigenvalue weighted by Gasteiger charge is 2.13. The van der Waals surface area contributed by atoms with Gasteiger partial charge in [-0.2, -0.15) is 0 Å². The van der Waals surface area contributed by atoms with Crippen molar-refractivity contribution in [3.8, 4) is 0 Å². The maximum atomic E-state index is 11.9. The molecule has 0 aliphatic carbocycles. The summed E-state index contributed by atoms with van der Waals surface area (Å²) in [5, 5.41) is 2.90. The molecule has 20 heavy (non-hydrogen) atoms. The van der Waals surface area contributed by atoms with Gasteiger partial charge in [-0.15, -0.1) is 0 Å². The number of benzene rings is 2. The summed E-state index contributed by atoms with van der Waals surface area (Å²) in [4.78, 5) is 14.0. The number of nitrogens with one attached hydrogen (secondary N) is 1. The molecular formula is C16H18N2OS. The van der Waals surface area contributed by atoms with Gasteiger partial charge in [0.25, 0.3) is 0 Å². The van der Waals surface area contributed by atoms with Gasteiger partial charge in [-0.05, 0) is 30.7 Å². The van der Waals surface area contributed by atoms with Gasteiger partial charge < -0.3 is 11.1 Å². The van der Waals surface area contributed by atoms with Crippen molar-refractivity contribution in [1.29, 1.82) is 0 Å². The maximum Gasteiger partial charge on any atom is 0.241 e. The molecule has 3 nitrogen and oxygen atoms in total. The maximum absolute atomic E-state index is 11.9. The van der Waals surface area contributed by atoms with Crippen molar-refractivity contribution in [2.45, 2.75) is 29.2 Å². The minimum atomic E-state index is -0.468. The van der Waals surface area contributed by atoms with E-state index >= 15 is 0 Å². The Morgan fingerprint density at radius 3 is 2.50 bits per heavy atom. The van der Waals surface area contributed by atoms with E-state index in [0.717, 1.165) is 15.5 Å². The van der Waals surface area contributed by atoms with E-state index in [1.54, 1.807) is 11.8 Å². The molecule has 0 fully saturated rings. The van der Waals surface area contributed by atoms with E-state index in [4.69, 9.17) is 5.73 Å². The molecular weight excluding hydrogens is 268 g/mol. The summed E-state index contributed by atoms with van der Waals surface area (Å²) in [5.41, 5.74) is 6.55. The van der Waals surface area contributed by atoms with Crippen LogP contribution in [0, 0.1) is 0 Å². The standard InChI is InChI=1S/C16H18N2OS/c1-2-13(17)16(19)18-14-10-6-7-11-15(14)20-12-8-4-3-5-9-12/h3-11,13H,2,17H2,1H3,(H,18,19)/t13-/m0/s1. The van der Waals surface area contributed by atoms with Crippen molar-refractivity contribution in [3.05, 3.63) is 54.6 Å². The van der Waals surface area contributed by atoms with E-state index in [1.165, 1.54) is 0 Å². The Balaban J connectivity index is 2.16. The second kappa shape index (κ2) is 7.12. The molecule has 0 spiro atoms. The highest BCUT2D eigenvalue weighted by atomic mass is 32.2. The first kappa shape index (κ1) is 14.6. The van der Waals surface area contributed by atoms with Gasteiger partial charge >= 0.3 is 0 Å². The smallest absolute Gasteiger partial charge is 0.241 e. The first-order valence-corrected chi connectivity index (χ1v) is 7.40. The Morgan fingerprint density at radius 2 is 1.80 bits per heavy atom. The molecule has 2 rings (SSSR count). The number of para-hydroxylation sites is 1. The van der Waals surface area contributed by atoms with Crippen molar-refractivity contribution in [2.24, 2.45) is 5.73 Å². The fourth-order valence-corrected chi connectivity index (χ4v) is 2.61. The molecule has 1 amide bonds. The summed E-state index contributed by atoms with van der Waals surface area (Å²) < 4.78 is 0. The lowest BCUT2D eigenvalue weighted by Crippen LogP contribution is -2.34. The van der Waals surface area contributed by atoms with Crippen LogP contribution in [-0.4, -0.2) is 11.9 Å². The van der Waals surface area contributed by atoms with Crippen LogP contribution in [-0.2, 0) is 4.79 Å². The number of amides is 1. The van der Waals surface area contributed by atoms with Gasteiger partial charge in [0.05, 0.1) is 11.7 Å². The number of anilines is 1. The van der Waals surface area contributed by atoms with Crippen LogP contribution in [0.2, 0.25) is 0 Å². The van der Waals surface area contributed by atoms with Crippen LogP contribution in [0.25, 0.3) is 0 Å². The van der Waals surface area contributed by atoms with Crippen molar-refractivity contribution in [3.63, 3.8) is 0 Å². The molecule has 0 bridgehead atoms. The molecule has 0 saturated carbocycles. The van der Waals surface area contributed by atoms with Gasteiger partial charge in [0.2, 0.25) is 5.91 Å². The van der Waals surface area contributed by atoms with Crippen molar-refractivity contribution in [1.82, 2.24) is 0 Å². The number of hydrogen-bond donors (Lipinski definition) is 2. The SMILES string of the molecule is CC[C@H](N)C(=O)Nc1ccccc1Sc1ccccc1. The molecule has 0 aliphatic heterocycles. The summed E-state index contributed by atoms with van der Waals surface area (Å²) in [7, 11) is 0. The predicted molar refractivity (Wildman–Crippen MR) is 83.9 cm³/mol. The first-order chi connectivity index (χ1) is 9.70. The zero-order chi connectivity index (χ0) is 14.4. The molecule has 3 N–H and O–H groups in total. The van der Waals surface area contributed by atoms with Gasteiger partial charge in [0.15, 0.2) is 0 Å². The third-order valence-corrected chi connectivity index (χ3v) is 3.98. The summed E-state index contributed by atoms with van der Waals surface area (Å²) in [6.07, 6.45) is 0.625. The van der Waals surface area contributed by atoms with Crippen LogP contribution in [0.1, 0.15) is 13.3 Å². The minimum absolute atomic E-state index is 0.145. The fourth-order valence-electron chi connectivity index (χ4n) is 1.69.